The normalized spacial score (nSPS) is 12.9. The standard InChI is InChI=1S/C58H40N4O2.Pt/c1-58(2,3)39-32-33-59-55(34-39)62-50-26-9-7-20-44(50)45-31-30-42(36-53(45)62)63-41-19-13-18-40(35-41)60-37-61(52-28-11-10-27-51(52)60)56-43(38-16-5-4-6-17-38)22-14-23-47(56)49-25-15-24-48-46-21-8-12-29-54(46)64-57(48)49;/h4-34H,1-3H3;/q-2;/i4D,5D,6D,16D,17D;. The minimum atomic E-state index is -0.463. The number of hydrogen-bond donors (Lipinski definition) is 0. The van der Waals surface area contributed by atoms with E-state index in [1.165, 1.54) is 5.56 Å². The van der Waals surface area contributed by atoms with Crippen LogP contribution >= 0.6 is 0 Å². The molecule has 4 heterocycles. The van der Waals surface area contributed by atoms with Crippen LogP contribution in [0.25, 0.3) is 94.2 Å². The van der Waals surface area contributed by atoms with Crippen molar-refractivity contribution in [3.63, 3.8) is 0 Å². The van der Waals surface area contributed by atoms with E-state index in [9.17, 15) is 0 Å². The van der Waals surface area contributed by atoms with Crippen molar-refractivity contribution < 1.29 is 41.6 Å². The maximum atomic E-state index is 9.15. The second-order valence-corrected chi connectivity index (χ2v) is 16.8. The molecular weight excluding hydrogens is 980 g/mol. The maximum Gasteiger partial charge on any atom is 0.268 e. The number of aromatic nitrogens is 4. The second kappa shape index (κ2) is 15.9. The summed E-state index contributed by atoms with van der Waals surface area (Å²) in [5.41, 5.74) is 8.99. The number of imidazole rings is 1. The van der Waals surface area contributed by atoms with Gasteiger partial charge < -0.3 is 18.3 Å². The van der Waals surface area contributed by atoms with Crippen LogP contribution in [-0.2, 0) is 26.5 Å². The molecule has 65 heavy (non-hydrogen) atoms. The van der Waals surface area contributed by atoms with Gasteiger partial charge in [0.15, 0.2) is 0 Å². The number of hydrogen-bond acceptors (Lipinski definition) is 3. The predicted molar refractivity (Wildman–Crippen MR) is 257 cm³/mol. The monoisotopic (exact) mass is 1020 g/mol. The first kappa shape index (κ1) is 34.9. The SMILES string of the molecule is [2H]c1c([2H])c([2H])c(-c2cccc(-c3cccc4c3oc3ccccc34)c2-[n+]2[c-]n(-c3[c-]c(Oc4[c-]c5c(cc4)c4ccccc4n5-c4cc(C(C)(C)C)ccn4)ccc3)c3ccccc32)c([2H])c1[2H].[Pt]. The molecule has 0 atom stereocenters. The van der Waals surface area contributed by atoms with Crippen molar-refractivity contribution in [2.75, 3.05) is 0 Å². The van der Waals surface area contributed by atoms with E-state index < -0.39 is 18.1 Å². The Bertz CT molecular complexity index is 4050. The molecule has 0 spiro atoms. The van der Waals surface area contributed by atoms with Crippen molar-refractivity contribution in [2.24, 2.45) is 0 Å². The number of nitrogens with zero attached hydrogens (tertiary/aromatic N) is 4. The Kier molecular flexibility index (Phi) is 8.55. The Morgan fingerprint density at radius 2 is 1.35 bits per heavy atom. The van der Waals surface area contributed by atoms with Gasteiger partial charge in [-0.25, -0.2) is 4.98 Å². The first-order valence-electron chi connectivity index (χ1n) is 23.6. The maximum absolute atomic E-state index is 9.15. The zero-order valence-corrected chi connectivity index (χ0v) is 37.7. The van der Waals surface area contributed by atoms with E-state index in [1.807, 2.05) is 131 Å². The summed E-state index contributed by atoms with van der Waals surface area (Å²) in [6.45, 7) is 6.58. The van der Waals surface area contributed by atoms with E-state index >= 15 is 0 Å². The molecule has 0 amide bonds. The third kappa shape index (κ3) is 6.84. The van der Waals surface area contributed by atoms with Crippen LogP contribution in [0.15, 0.2) is 192 Å². The molecule has 0 aliphatic rings. The van der Waals surface area contributed by atoms with E-state index in [2.05, 4.69) is 74.1 Å². The third-order valence-electron chi connectivity index (χ3n) is 11.9. The largest absolute Gasteiger partial charge is 0.510 e. The van der Waals surface area contributed by atoms with Gasteiger partial charge in [0.2, 0.25) is 0 Å². The van der Waals surface area contributed by atoms with E-state index in [1.54, 1.807) is 6.07 Å². The van der Waals surface area contributed by atoms with E-state index in [0.717, 1.165) is 60.6 Å². The molecule has 0 saturated carbocycles. The van der Waals surface area contributed by atoms with Gasteiger partial charge in [-0.15, -0.1) is 29.7 Å². The minimum Gasteiger partial charge on any atom is -0.510 e. The molecule has 6 nitrogen and oxygen atoms in total. The third-order valence-corrected chi connectivity index (χ3v) is 11.9. The number of pyridine rings is 1. The first-order valence-corrected chi connectivity index (χ1v) is 21.1. The molecule has 316 valence electrons. The topological polar surface area (TPSA) is 49.0 Å². The van der Waals surface area contributed by atoms with Gasteiger partial charge >= 0.3 is 0 Å². The zero-order valence-electron chi connectivity index (χ0n) is 40.4. The summed E-state index contributed by atoms with van der Waals surface area (Å²) in [5.74, 6) is 1.75. The van der Waals surface area contributed by atoms with Crippen molar-refractivity contribution in [2.45, 2.75) is 26.2 Å². The van der Waals surface area contributed by atoms with Gasteiger partial charge in [-0.05, 0) is 63.0 Å². The Balaban J connectivity index is 0.00000533. The molecule has 0 radical (unpaired) electrons. The van der Waals surface area contributed by atoms with Crippen LogP contribution in [0.5, 0.6) is 11.5 Å². The molecule has 0 fully saturated rings. The Hall–Kier alpha value is -7.53. The van der Waals surface area contributed by atoms with Crippen molar-refractivity contribution in [3.05, 3.63) is 212 Å². The van der Waals surface area contributed by atoms with Gasteiger partial charge in [0.25, 0.3) is 6.33 Å². The Morgan fingerprint density at radius 3 is 2.22 bits per heavy atom. The summed E-state index contributed by atoms with van der Waals surface area (Å²) < 4.78 is 63.2. The number of rotatable bonds is 7. The molecular formula is C58H40N4O2Pt-2. The zero-order chi connectivity index (χ0) is 47.3. The van der Waals surface area contributed by atoms with Crippen molar-refractivity contribution in [1.29, 1.82) is 0 Å². The van der Waals surface area contributed by atoms with Gasteiger partial charge in [0.1, 0.15) is 17.0 Å². The van der Waals surface area contributed by atoms with Gasteiger partial charge in [-0.1, -0.05) is 154 Å². The Labute approximate surface area is 397 Å². The van der Waals surface area contributed by atoms with Crippen LogP contribution in [-0.4, -0.2) is 14.1 Å². The molecule has 8 aromatic carbocycles. The molecule has 0 N–H and O–H groups in total. The number of fused-ring (bicyclic) bond motifs is 7. The fraction of sp³-hybridized carbons (Fsp3) is 0.0690. The fourth-order valence-corrected chi connectivity index (χ4v) is 8.88. The van der Waals surface area contributed by atoms with E-state index in [0.29, 0.717) is 39.6 Å². The molecule has 12 rings (SSSR count). The van der Waals surface area contributed by atoms with Crippen LogP contribution < -0.4 is 9.30 Å². The molecule has 0 unspecified atom stereocenters. The van der Waals surface area contributed by atoms with Crippen molar-refractivity contribution >= 4 is 54.8 Å². The van der Waals surface area contributed by atoms with Gasteiger partial charge in [0.05, 0.1) is 23.6 Å². The molecule has 12 aromatic rings. The first-order chi connectivity index (χ1) is 33.4. The minimum absolute atomic E-state index is 0. The summed E-state index contributed by atoms with van der Waals surface area (Å²) in [6.07, 6.45) is 5.47. The van der Waals surface area contributed by atoms with Crippen LogP contribution in [0.1, 0.15) is 33.2 Å². The average molecular weight is 1030 g/mol. The fourth-order valence-electron chi connectivity index (χ4n) is 8.88. The molecule has 0 aliphatic carbocycles. The second-order valence-electron chi connectivity index (χ2n) is 16.8. The summed E-state index contributed by atoms with van der Waals surface area (Å²) in [7, 11) is 0. The van der Waals surface area contributed by atoms with Crippen LogP contribution in [0, 0.1) is 18.5 Å². The number of benzene rings is 8. The quantitative estimate of drug-likeness (QED) is 0.118. The Morgan fingerprint density at radius 1 is 0.646 bits per heavy atom. The average Bonchev–Trinajstić information content (AvgIpc) is 4.05. The number of furan rings is 1. The predicted octanol–water partition coefficient (Wildman–Crippen LogP) is 14.1. The summed E-state index contributed by atoms with van der Waals surface area (Å²) in [5, 5.41) is 4.00. The molecule has 4 aromatic heterocycles. The van der Waals surface area contributed by atoms with Crippen LogP contribution in [0.4, 0.5) is 0 Å². The summed E-state index contributed by atoms with van der Waals surface area (Å²) in [6, 6.07) is 54.6. The van der Waals surface area contributed by atoms with Gasteiger partial charge in [-0.3, -0.25) is 4.57 Å². The molecule has 0 aliphatic heterocycles. The number of ether oxygens (including phenoxy) is 1. The van der Waals surface area contributed by atoms with Gasteiger partial charge in [0, 0.05) is 60.6 Å². The number of para-hydroxylation sites is 6. The van der Waals surface area contributed by atoms with Crippen LogP contribution in [0.2, 0.25) is 0 Å². The van der Waals surface area contributed by atoms with Crippen molar-refractivity contribution in [1.82, 2.24) is 14.1 Å². The van der Waals surface area contributed by atoms with E-state index in [4.69, 9.17) is 21.0 Å². The summed E-state index contributed by atoms with van der Waals surface area (Å²) >= 11 is 0. The van der Waals surface area contributed by atoms with Crippen LogP contribution in [0.3, 0.4) is 0 Å². The molecule has 7 heteroatoms. The van der Waals surface area contributed by atoms with Crippen molar-refractivity contribution in [3.8, 4) is 50.9 Å². The summed E-state index contributed by atoms with van der Waals surface area (Å²) in [4.78, 5) is 4.83. The smallest absolute Gasteiger partial charge is 0.268 e. The molecule has 0 bridgehead atoms. The molecule has 0 saturated heterocycles. The van der Waals surface area contributed by atoms with Gasteiger partial charge in [-0.2, -0.15) is 18.2 Å². The van der Waals surface area contributed by atoms with E-state index in [-0.39, 0.29) is 44.1 Å².